The van der Waals surface area contributed by atoms with Crippen LogP contribution in [-0.4, -0.2) is 35.1 Å². The third-order valence-electron chi connectivity index (χ3n) is 3.48. The second-order valence-corrected chi connectivity index (χ2v) is 5.06. The lowest BCUT2D eigenvalue weighted by atomic mass is 10.0. The minimum absolute atomic E-state index is 0.149. The highest BCUT2D eigenvalue weighted by Crippen LogP contribution is 2.17. The summed E-state index contributed by atoms with van der Waals surface area (Å²) in [6.07, 6.45) is 2.50. The van der Waals surface area contributed by atoms with Gasteiger partial charge in [0.05, 0.1) is 0 Å². The fourth-order valence-electron chi connectivity index (χ4n) is 2.37. The van der Waals surface area contributed by atoms with E-state index >= 15 is 0 Å². The fraction of sp³-hybridized carbons (Fsp3) is 0.500. The number of benzene rings is 1. The van der Waals surface area contributed by atoms with Crippen LogP contribution in [0.3, 0.4) is 0 Å². The summed E-state index contributed by atoms with van der Waals surface area (Å²) in [5.41, 5.74) is 6.72. The predicted octanol–water partition coefficient (Wildman–Crippen LogP) is 1.38. The number of rotatable bonds is 5. The highest BCUT2D eigenvalue weighted by Gasteiger charge is 2.16. The maximum atomic E-state index is 13.9. The molecule has 104 valence electrons. The van der Waals surface area contributed by atoms with E-state index in [1.807, 2.05) is 0 Å². The summed E-state index contributed by atoms with van der Waals surface area (Å²) in [6.45, 7) is 2.66. The number of hydrogen-bond acceptors (Lipinski definition) is 3. The van der Waals surface area contributed by atoms with E-state index in [0.717, 1.165) is 13.1 Å². The van der Waals surface area contributed by atoms with Crippen LogP contribution in [0.4, 0.5) is 4.39 Å². The Kier molecular flexibility index (Phi) is 4.50. The molecule has 0 spiro atoms. The topological polar surface area (TPSA) is 66.6 Å². The molecule has 0 bridgehead atoms. The molecule has 3 N–H and O–H groups in total. The summed E-state index contributed by atoms with van der Waals surface area (Å²) in [7, 11) is 0. The summed E-state index contributed by atoms with van der Waals surface area (Å²) in [5.74, 6) is -1.34. The van der Waals surface area contributed by atoms with E-state index in [1.54, 1.807) is 12.1 Å². The Morgan fingerprint density at radius 1 is 1.42 bits per heavy atom. The first-order valence-electron chi connectivity index (χ1n) is 6.54. The zero-order valence-electron chi connectivity index (χ0n) is 10.8. The van der Waals surface area contributed by atoms with Crippen LogP contribution < -0.4 is 5.73 Å². The van der Waals surface area contributed by atoms with Crippen molar-refractivity contribution in [1.29, 1.82) is 0 Å². The van der Waals surface area contributed by atoms with Crippen LogP contribution in [0.2, 0.25) is 0 Å². The Bertz CT molecular complexity index is 459. The van der Waals surface area contributed by atoms with Crippen molar-refractivity contribution < 1.29 is 14.3 Å². The maximum Gasteiger partial charge on any atom is 0.320 e. The minimum atomic E-state index is -1.07. The van der Waals surface area contributed by atoms with Crippen LogP contribution in [0.15, 0.2) is 18.2 Å². The van der Waals surface area contributed by atoms with Crippen molar-refractivity contribution in [2.45, 2.75) is 31.8 Å². The van der Waals surface area contributed by atoms with E-state index in [2.05, 4.69) is 4.90 Å². The lowest BCUT2D eigenvalue weighted by Crippen LogP contribution is -2.32. The van der Waals surface area contributed by atoms with Crippen LogP contribution in [0, 0.1) is 5.82 Å². The lowest BCUT2D eigenvalue weighted by molar-refractivity contribution is -0.138. The van der Waals surface area contributed by atoms with Crippen LogP contribution in [0.5, 0.6) is 0 Å². The number of hydrogen-bond donors (Lipinski definition) is 2. The summed E-state index contributed by atoms with van der Waals surface area (Å²) < 4.78 is 13.9. The van der Waals surface area contributed by atoms with Crippen LogP contribution >= 0.6 is 0 Å². The first kappa shape index (κ1) is 14.0. The van der Waals surface area contributed by atoms with Crippen molar-refractivity contribution >= 4 is 5.97 Å². The largest absolute Gasteiger partial charge is 0.480 e. The predicted molar refractivity (Wildman–Crippen MR) is 70.2 cm³/mol. The fourth-order valence-corrected chi connectivity index (χ4v) is 2.37. The molecule has 5 heteroatoms. The average molecular weight is 266 g/mol. The normalized spacial score (nSPS) is 17.6. The monoisotopic (exact) mass is 266 g/mol. The molecular formula is C14H19FN2O2. The SMILES string of the molecule is NC(Cc1ccc(CN2CCCC2)c(F)c1)C(=O)O. The van der Waals surface area contributed by atoms with E-state index in [0.29, 0.717) is 17.7 Å². The van der Waals surface area contributed by atoms with Gasteiger partial charge in [-0.15, -0.1) is 0 Å². The Morgan fingerprint density at radius 3 is 2.68 bits per heavy atom. The number of nitrogens with two attached hydrogens (primary N) is 1. The van der Waals surface area contributed by atoms with Gasteiger partial charge in [0.1, 0.15) is 11.9 Å². The number of nitrogens with zero attached hydrogens (tertiary/aromatic N) is 1. The van der Waals surface area contributed by atoms with Crippen molar-refractivity contribution in [2.75, 3.05) is 13.1 Å². The number of likely N-dealkylation sites (tertiary alicyclic amines) is 1. The van der Waals surface area contributed by atoms with Gasteiger partial charge in [0, 0.05) is 12.1 Å². The Morgan fingerprint density at radius 2 is 2.11 bits per heavy atom. The molecule has 1 aromatic carbocycles. The van der Waals surface area contributed by atoms with Crippen molar-refractivity contribution in [3.05, 3.63) is 35.1 Å². The van der Waals surface area contributed by atoms with Gasteiger partial charge in [-0.2, -0.15) is 0 Å². The van der Waals surface area contributed by atoms with Gasteiger partial charge >= 0.3 is 5.97 Å². The number of carboxylic acid groups (broad SMARTS) is 1. The van der Waals surface area contributed by atoms with Gasteiger partial charge in [-0.1, -0.05) is 12.1 Å². The summed E-state index contributed by atoms with van der Waals surface area (Å²) in [4.78, 5) is 12.9. The molecule has 2 rings (SSSR count). The van der Waals surface area contributed by atoms with Gasteiger partial charge < -0.3 is 10.8 Å². The van der Waals surface area contributed by atoms with E-state index in [-0.39, 0.29) is 12.2 Å². The molecule has 4 nitrogen and oxygen atoms in total. The number of aliphatic carboxylic acids is 1. The third kappa shape index (κ3) is 3.75. The summed E-state index contributed by atoms with van der Waals surface area (Å²) in [5, 5.41) is 8.73. The van der Waals surface area contributed by atoms with Gasteiger partial charge in [0.15, 0.2) is 0 Å². The molecular weight excluding hydrogens is 247 g/mol. The molecule has 0 saturated carbocycles. The quantitative estimate of drug-likeness (QED) is 0.845. The van der Waals surface area contributed by atoms with Gasteiger partial charge in [-0.25, -0.2) is 4.39 Å². The number of carboxylic acids is 1. The van der Waals surface area contributed by atoms with Crippen molar-refractivity contribution in [3.8, 4) is 0 Å². The maximum absolute atomic E-state index is 13.9. The molecule has 1 unspecified atom stereocenters. The molecule has 1 aliphatic rings. The summed E-state index contributed by atoms with van der Waals surface area (Å²) in [6, 6.07) is 3.91. The van der Waals surface area contributed by atoms with Gasteiger partial charge in [-0.3, -0.25) is 9.69 Å². The van der Waals surface area contributed by atoms with Gasteiger partial charge in [0.2, 0.25) is 0 Å². The average Bonchev–Trinajstić information content (AvgIpc) is 2.85. The smallest absolute Gasteiger partial charge is 0.320 e. The summed E-state index contributed by atoms with van der Waals surface area (Å²) >= 11 is 0. The van der Waals surface area contributed by atoms with Crippen molar-refractivity contribution in [1.82, 2.24) is 4.90 Å². The standard InChI is InChI=1S/C14H19FN2O2/c15-12-7-10(8-13(16)14(18)19)3-4-11(12)9-17-5-1-2-6-17/h3-4,7,13H,1-2,5-6,8-9,16H2,(H,18,19). The molecule has 0 aliphatic carbocycles. The third-order valence-corrected chi connectivity index (χ3v) is 3.48. The number of halogens is 1. The molecule has 1 aliphatic heterocycles. The highest BCUT2D eigenvalue weighted by atomic mass is 19.1. The molecule has 1 aromatic rings. The molecule has 1 atom stereocenters. The molecule has 1 fully saturated rings. The first-order valence-corrected chi connectivity index (χ1v) is 6.54. The second kappa shape index (κ2) is 6.12. The molecule has 19 heavy (non-hydrogen) atoms. The van der Waals surface area contributed by atoms with Crippen molar-refractivity contribution in [3.63, 3.8) is 0 Å². The molecule has 1 saturated heterocycles. The molecule has 1 heterocycles. The molecule has 0 aromatic heterocycles. The van der Waals surface area contributed by atoms with Crippen molar-refractivity contribution in [2.24, 2.45) is 5.73 Å². The lowest BCUT2D eigenvalue weighted by Gasteiger charge is -2.15. The van der Waals surface area contributed by atoms with Crippen LogP contribution in [0.25, 0.3) is 0 Å². The molecule has 0 amide bonds. The van der Waals surface area contributed by atoms with E-state index in [4.69, 9.17) is 10.8 Å². The van der Waals surface area contributed by atoms with E-state index < -0.39 is 12.0 Å². The Hall–Kier alpha value is -1.46. The molecule has 0 radical (unpaired) electrons. The number of carbonyl (C=O) groups is 1. The Balaban J connectivity index is 2.01. The zero-order chi connectivity index (χ0) is 13.8. The highest BCUT2D eigenvalue weighted by molar-refractivity contribution is 5.73. The minimum Gasteiger partial charge on any atom is -0.480 e. The van der Waals surface area contributed by atoms with Gasteiger partial charge in [-0.05, 0) is 44.0 Å². The Labute approximate surface area is 112 Å². The zero-order valence-corrected chi connectivity index (χ0v) is 10.8. The van der Waals surface area contributed by atoms with E-state index in [1.165, 1.54) is 18.9 Å². The first-order chi connectivity index (χ1) is 9.06. The van der Waals surface area contributed by atoms with Crippen LogP contribution in [-0.2, 0) is 17.8 Å². The van der Waals surface area contributed by atoms with Crippen LogP contribution in [0.1, 0.15) is 24.0 Å². The second-order valence-electron chi connectivity index (χ2n) is 5.06. The van der Waals surface area contributed by atoms with E-state index in [9.17, 15) is 9.18 Å². The van der Waals surface area contributed by atoms with Gasteiger partial charge in [0.25, 0.3) is 0 Å².